The summed E-state index contributed by atoms with van der Waals surface area (Å²) in [4.78, 5) is 0. The molecule has 0 nitrogen and oxygen atoms in total. The fraction of sp³-hybridized carbons (Fsp3) is 0.143. The van der Waals surface area contributed by atoms with Crippen LogP contribution in [0.5, 0.6) is 0 Å². The summed E-state index contributed by atoms with van der Waals surface area (Å²) in [5, 5.41) is 0. The maximum atomic E-state index is 3.56. The van der Waals surface area contributed by atoms with Gasteiger partial charge in [0, 0.05) is 14.4 Å². The molecule has 0 amide bonds. The molecule has 0 spiro atoms. The van der Waals surface area contributed by atoms with Crippen LogP contribution in [0.2, 0.25) is 0 Å². The molecule has 0 atom stereocenters. The van der Waals surface area contributed by atoms with Crippen LogP contribution in [-0.2, 0) is 11.8 Å². The van der Waals surface area contributed by atoms with Crippen molar-refractivity contribution in [2.75, 3.05) is 0 Å². The van der Waals surface area contributed by atoms with Gasteiger partial charge in [-0.3, -0.25) is 0 Å². The molecule has 31 heavy (non-hydrogen) atoms. The molecule has 0 N–H and O–H groups in total. The lowest BCUT2D eigenvalue weighted by Crippen LogP contribution is -3.00. The van der Waals surface area contributed by atoms with Crippen LogP contribution in [0.4, 0.5) is 0 Å². The summed E-state index contributed by atoms with van der Waals surface area (Å²) in [5.74, 6) is 0. The van der Waals surface area contributed by atoms with Crippen molar-refractivity contribution >= 4 is 31.9 Å². The number of hydrogen-bond acceptors (Lipinski definition) is 0. The van der Waals surface area contributed by atoms with Crippen LogP contribution in [0.25, 0.3) is 22.3 Å². The second-order valence-electron chi connectivity index (χ2n) is 8.50. The number of rotatable bonds is 0. The molecule has 0 unspecified atom stereocenters. The molecule has 4 aromatic rings. The van der Waals surface area contributed by atoms with Gasteiger partial charge in [0.15, 0.2) is 0 Å². The van der Waals surface area contributed by atoms with E-state index in [4.69, 9.17) is 0 Å². The van der Waals surface area contributed by atoms with E-state index in [-0.39, 0.29) is 10.1 Å². The Kier molecular flexibility index (Phi) is 5.93. The zero-order valence-electron chi connectivity index (χ0n) is 17.4. The molecule has 0 radical (unpaired) electrons. The van der Waals surface area contributed by atoms with Gasteiger partial charge in [-0.1, -0.05) is 106 Å². The molecule has 156 valence electrons. The van der Waals surface area contributed by atoms with Gasteiger partial charge < -0.3 is 4.70 Å². The van der Waals surface area contributed by atoms with Crippen LogP contribution in [0.15, 0.2) is 93.9 Å². The summed E-state index contributed by atoms with van der Waals surface area (Å²) in [6.45, 7) is 4.59. The van der Waals surface area contributed by atoms with Crippen molar-refractivity contribution in [2.45, 2.75) is 25.7 Å². The topological polar surface area (TPSA) is 0 Å². The van der Waals surface area contributed by atoms with Crippen LogP contribution >= 0.6 is 31.9 Å². The molecule has 0 heterocycles. The quantitative estimate of drug-likeness (QED) is 0.235. The number of fused-ring (bicyclic) bond motifs is 6. The van der Waals surface area contributed by atoms with Crippen LogP contribution in [0.3, 0.4) is 0 Å². The van der Waals surface area contributed by atoms with Crippen molar-refractivity contribution in [1.29, 1.82) is 0 Å². The number of hydrogen-bond donors (Lipinski definition) is 0. The van der Waals surface area contributed by atoms with Crippen molar-refractivity contribution < 1.29 is 4.70 Å². The van der Waals surface area contributed by atoms with E-state index in [1.807, 2.05) is 0 Å². The van der Waals surface area contributed by atoms with Gasteiger partial charge in [0.2, 0.25) is 0 Å². The first-order valence-electron chi connectivity index (χ1n) is 10.2. The van der Waals surface area contributed by atoms with Crippen LogP contribution < -0.4 is 4.70 Å². The zero-order valence-corrected chi connectivity index (χ0v) is 20.6. The highest BCUT2D eigenvalue weighted by molar-refractivity contribution is 9.10. The molecule has 0 saturated carbocycles. The Hall–Kier alpha value is -2.23. The highest BCUT2D eigenvalue weighted by Crippen LogP contribution is 2.49. The van der Waals surface area contributed by atoms with Crippen LogP contribution in [0.1, 0.15) is 36.1 Å². The largest absolute Gasteiger partial charge is 1.00 e. The molecule has 0 aliphatic heterocycles. The third-order valence-electron chi connectivity index (χ3n) is 6.30. The van der Waals surface area contributed by atoms with Crippen molar-refractivity contribution in [3.8, 4) is 22.3 Å². The Labute approximate surface area is 200 Å². The Morgan fingerprint density at radius 3 is 1.90 bits per heavy atom. The minimum Gasteiger partial charge on any atom is -1.00 e. The second kappa shape index (κ2) is 8.37. The smallest absolute Gasteiger partial charge is 0.0178 e. The van der Waals surface area contributed by atoms with Gasteiger partial charge in [-0.05, 0) is 75.2 Å². The second-order valence-corrected chi connectivity index (χ2v) is 10.3. The van der Waals surface area contributed by atoms with Gasteiger partial charge in [0.1, 0.15) is 0 Å². The van der Waals surface area contributed by atoms with Crippen LogP contribution in [-0.4, -0.2) is 0 Å². The molecule has 3 heteroatoms. The molecular weight excluding hydrogens is 515 g/mol. The molecule has 0 bridgehead atoms. The molecule has 2 aliphatic rings. The van der Waals surface area contributed by atoms with Crippen molar-refractivity contribution in [3.05, 3.63) is 116 Å². The van der Waals surface area contributed by atoms with E-state index in [0.717, 1.165) is 10.9 Å². The van der Waals surface area contributed by atoms with Gasteiger partial charge in [0.25, 0.3) is 0 Å². The monoisotopic (exact) mass is 535 g/mol. The average molecular weight is 537 g/mol. The first kappa shape index (κ1) is 22.0. The highest BCUT2D eigenvalue weighted by atomic mass is 79.9. The van der Waals surface area contributed by atoms with Gasteiger partial charge in [-0.25, -0.2) is 0 Å². The molecule has 6 rings (SSSR count). The molecule has 0 fully saturated rings. The highest BCUT2D eigenvalue weighted by Gasteiger charge is 2.34. The predicted octanol–water partition coefficient (Wildman–Crippen LogP) is 5.78. The number of benzene rings is 4. The normalized spacial score (nSPS) is 13.7. The molecule has 0 saturated heterocycles. The third kappa shape index (κ3) is 3.79. The first-order chi connectivity index (χ1) is 14.4. The van der Waals surface area contributed by atoms with Gasteiger partial charge >= 0.3 is 0 Å². The van der Waals surface area contributed by atoms with E-state index < -0.39 is 0 Å². The van der Waals surface area contributed by atoms with E-state index in [2.05, 4.69) is 131 Å². The lowest BCUT2D eigenvalue weighted by Gasteiger charge is -2.21. The van der Waals surface area contributed by atoms with Gasteiger partial charge in [0.05, 0.1) is 0 Å². The van der Waals surface area contributed by atoms with Crippen molar-refractivity contribution in [2.24, 2.45) is 0 Å². The maximum absolute atomic E-state index is 3.56. The van der Waals surface area contributed by atoms with E-state index in [0.29, 0.717) is 0 Å². The molecule has 2 aliphatic carbocycles. The summed E-state index contributed by atoms with van der Waals surface area (Å²) in [7, 11) is 0. The molecule has 4 aromatic carbocycles. The molecular formula is C28H22Br2F-. The summed E-state index contributed by atoms with van der Waals surface area (Å²) < 4.78 is 2.33. The zero-order chi connectivity index (χ0) is 20.9. The van der Waals surface area contributed by atoms with Gasteiger partial charge in [-0.15, -0.1) is 0 Å². The fourth-order valence-electron chi connectivity index (χ4n) is 4.79. The Balaban J connectivity index is 0.000000146. The van der Waals surface area contributed by atoms with Crippen molar-refractivity contribution in [1.82, 2.24) is 0 Å². The summed E-state index contributed by atoms with van der Waals surface area (Å²) in [6, 6.07) is 30.4. The minimum absolute atomic E-state index is 0. The van der Waals surface area contributed by atoms with Crippen molar-refractivity contribution in [3.63, 3.8) is 0 Å². The summed E-state index contributed by atoms with van der Waals surface area (Å²) in [5.41, 5.74) is 11.4. The Morgan fingerprint density at radius 2 is 1.13 bits per heavy atom. The standard InChI is InChI=1S/C15H13Br.C13H9Br.FH/c1-15(2)13-6-4-3-5-11(13)12-8-7-10(16)9-14(12)15;14-11-5-6-13-10(8-11)7-9-3-1-2-4-12(9)13;/h3-9H,1-2H3;1-6,8H,7H2;1H/p-1. The Morgan fingerprint density at radius 1 is 0.581 bits per heavy atom. The lowest BCUT2D eigenvalue weighted by atomic mass is 9.82. The summed E-state index contributed by atoms with van der Waals surface area (Å²) in [6.07, 6.45) is 1.07. The molecule has 0 aromatic heterocycles. The first-order valence-corrected chi connectivity index (χ1v) is 11.8. The van der Waals surface area contributed by atoms with E-state index in [1.54, 1.807) is 0 Å². The van der Waals surface area contributed by atoms with Gasteiger partial charge in [-0.2, -0.15) is 0 Å². The predicted molar refractivity (Wildman–Crippen MR) is 134 cm³/mol. The summed E-state index contributed by atoms with van der Waals surface area (Å²) >= 11 is 7.07. The maximum Gasteiger partial charge on any atom is 0.0178 e. The Bertz CT molecular complexity index is 1270. The van der Waals surface area contributed by atoms with Crippen LogP contribution in [0, 0.1) is 0 Å². The van der Waals surface area contributed by atoms with E-state index in [9.17, 15) is 0 Å². The van der Waals surface area contributed by atoms with E-state index in [1.165, 1.54) is 49.0 Å². The lowest BCUT2D eigenvalue weighted by molar-refractivity contribution is -0.00000578. The third-order valence-corrected chi connectivity index (χ3v) is 7.29. The number of halogens is 3. The fourth-order valence-corrected chi connectivity index (χ4v) is 5.56. The van der Waals surface area contributed by atoms with E-state index >= 15 is 0 Å². The average Bonchev–Trinajstić information content (AvgIpc) is 3.21. The minimum atomic E-state index is 0. The SMILES string of the molecule is Brc1ccc2c(c1)Cc1ccccc1-2.CC1(C)c2ccccc2-c2ccc(Br)cc21.[F-].